The summed E-state index contributed by atoms with van der Waals surface area (Å²) in [6.45, 7) is 6.86. The fourth-order valence-corrected chi connectivity index (χ4v) is 6.38. The maximum absolute atomic E-state index is 5.87. The van der Waals surface area contributed by atoms with Crippen LogP contribution in [-0.4, -0.2) is 12.7 Å². The van der Waals surface area contributed by atoms with Crippen LogP contribution < -0.4 is 0 Å². The fraction of sp³-hybridized carbons (Fsp3) is 0.917. The molecule has 0 radical (unpaired) electrons. The minimum Gasteiger partial charge on any atom is -0.374 e. The normalized spacial score (nSPS) is 39.9. The van der Waals surface area contributed by atoms with Gasteiger partial charge >= 0.3 is 0 Å². The fourth-order valence-electron chi connectivity index (χ4n) is 6.38. The summed E-state index contributed by atoms with van der Waals surface area (Å²) < 4.78 is 5.87. The van der Waals surface area contributed by atoms with Crippen molar-refractivity contribution < 1.29 is 4.74 Å². The molecule has 0 bridgehead atoms. The SMILES string of the molecule is C=CCO[C@H]1CC[C@H](C2CCC([C@H]3CC[C@H](CCC)CC3)CC2)CC1. The molecule has 0 aromatic heterocycles. The Morgan fingerprint density at radius 1 is 0.720 bits per heavy atom. The van der Waals surface area contributed by atoms with Crippen molar-refractivity contribution in [3.05, 3.63) is 12.7 Å². The highest BCUT2D eigenvalue weighted by Crippen LogP contribution is 2.45. The van der Waals surface area contributed by atoms with E-state index in [4.69, 9.17) is 4.74 Å². The van der Waals surface area contributed by atoms with Gasteiger partial charge in [0.2, 0.25) is 0 Å². The molecule has 0 spiro atoms. The minimum absolute atomic E-state index is 0.517. The van der Waals surface area contributed by atoms with E-state index in [2.05, 4.69) is 13.5 Å². The lowest BCUT2D eigenvalue weighted by Crippen LogP contribution is -2.31. The van der Waals surface area contributed by atoms with E-state index in [9.17, 15) is 0 Å². The Bertz CT molecular complexity index is 366. The van der Waals surface area contributed by atoms with Gasteiger partial charge in [0.05, 0.1) is 12.7 Å². The van der Waals surface area contributed by atoms with E-state index in [0.717, 1.165) is 36.2 Å². The van der Waals surface area contributed by atoms with Crippen LogP contribution in [0.2, 0.25) is 0 Å². The summed E-state index contributed by atoms with van der Waals surface area (Å²) in [5.41, 5.74) is 0. The molecule has 0 N–H and O–H groups in total. The van der Waals surface area contributed by atoms with E-state index in [1.165, 1.54) is 64.2 Å². The van der Waals surface area contributed by atoms with Gasteiger partial charge in [-0.1, -0.05) is 38.7 Å². The third-order valence-electron chi connectivity index (χ3n) is 7.91. The summed E-state index contributed by atoms with van der Waals surface area (Å²) in [7, 11) is 0. The molecular formula is C24H42O. The second kappa shape index (κ2) is 10.1. The van der Waals surface area contributed by atoms with Gasteiger partial charge in [0.25, 0.3) is 0 Å². The number of rotatable bonds is 7. The maximum atomic E-state index is 5.87. The lowest BCUT2D eigenvalue weighted by molar-refractivity contribution is 0.0188. The third kappa shape index (κ3) is 5.59. The first-order valence-corrected chi connectivity index (χ1v) is 11.5. The maximum Gasteiger partial charge on any atom is 0.0648 e. The van der Waals surface area contributed by atoms with Gasteiger partial charge in [-0.2, -0.15) is 0 Å². The molecule has 144 valence electrons. The van der Waals surface area contributed by atoms with Crippen molar-refractivity contribution in [1.29, 1.82) is 0 Å². The van der Waals surface area contributed by atoms with Crippen molar-refractivity contribution in [2.75, 3.05) is 6.61 Å². The quantitative estimate of drug-likeness (QED) is 0.444. The number of ether oxygens (including phenoxy) is 1. The van der Waals surface area contributed by atoms with Gasteiger partial charge in [-0.3, -0.25) is 0 Å². The Kier molecular flexibility index (Phi) is 7.90. The predicted octanol–water partition coefficient (Wildman–Crippen LogP) is 7.16. The monoisotopic (exact) mass is 346 g/mol. The Morgan fingerprint density at radius 3 is 1.60 bits per heavy atom. The highest BCUT2D eigenvalue weighted by molar-refractivity contribution is 4.86. The van der Waals surface area contributed by atoms with Gasteiger partial charge in [-0.05, 0) is 93.8 Å². The summed E-state index contributed by atoms with van der Waals surface area (Å²) in [6.07, 6.45) is 23.0. The Hall–Kier alpha value is -0.300. The first kappa shape index (κ1) is 19.5. The van der Waals surface area contributed by atoms with Crippen LogP contribution in [0, 0.1) is 29.6 Å². The Labute approximate surface area is 157 Å². The zero-order valence-corrected chi connectivity index (χ0v) is 16.8. The van der Waals surface area contributed by atoms with E-state index in [-0.39, 0.29) is 0 Å². The molecule has 0 heterocycles. The summed E-state index contributed by atoms with van der Waals surface area (Å²) in [4.78, 5) is 0. The van der Waals surface area contributed by atoms with Crippen LogP contribution in [0.3, 0.4) is 0 Å². The zero-order chi connectivity index (χ0) is 17.5. The topological polar surface area (TPSA) is 9.23 Å². The second-order valence-electron chi connectivity index (χ2n) is 9.40. The van der Waals surface area contributed by atoms with Gasteiger partial charge in [0.15, 0.2) is 0 Å². The van der Waals surface area contributed by atoms with Crippen LogP contribution in [0.15, 0.2) is 12.7 Å². The molecule has 1 nitrogen and oxygen atoms in total. The molecule has 3 fully saturated rings. The van der Waals surface area contributed by atoms with E-state index in [1.807, 2.05) is 6.08 Å². The smallest absolute Gasteiger partial charge is 0.0648 e. The zero-order valence-electron chi connectivity index (χ0n) is 16.8. The Morgan fingerprint density at radius 2 is 1.16 bits per heavy atom. The second-order valence-corrected chi connectivity index (χ2v) is 9.40. The Balaban J connectivity index is 1.35. The van der Waals surface area contributed by atoms with E-state index < -0.39 is 0 Å². The van der Waals surface area contributed by atoms with Gasteiger partial charge in [0, 0.05) is 0 Å². The molecule has 0 saturated heterocycles. The first-order chi connectivity index (χ1) is 12.3. The van der Waals surface area contributed by atoms with E-state index in [0.29, 0.717) is 6.10 Å². The molecule has 0 aliphatic heterocycles. The molecule has 0 amide bonds. The van der Waals surface area contributed by atoms with E-state index in [1.54, 1.807) is 25.7 Å². The molecular weight excluding hydrogens is 304 g/mol. The predicted molar refractivity (Wildman–Crippen MR) is 108 cm³/mol. The third-order valence-corrected chi connectivity index (χ3v) is 7.91. The molecule has 3 saturated carbocycles. The van der Waals surface area contributed by atoms with Gasteiger partial charge in [-0.25, -0.2) is 0 Å². The molecule has 0 unspecified atom stereocenters. The van der Waals surface area contributed by atoms with Crippen molar-refractivity contribution in [3.8, 4) is 0 Å². The van der Waals surface area contributed by atoms with Crippen LogP contribution in [0.1, 0.15) is 96.8 Å². The van der Waals surface area contributed by atoms with E-state index >= 15 is 0 Å². The van der Waals surface area contributed by atoms with Crippen LogP contribution >= 0.6 is 0 Å². The van der Waals surface area contributed by atoms with Crippen molar-refractivity contribution in [2.24, 2.45) is 29.6 Å². The lowest BCUT2D eigenvalue weighted by Gasteiger charge is -2.41. The summed E-state index contributed by atoms with van der Waals surface area (Å²) >= 11 is 0. The number of hydrogen-bond donors (Lipinski definition) is 0. The molecule has 0 aromatic rings. The minimum atomic E-state index is 0.517. The molecule has 3 rings (SSSR count). The summed E-state index contributed by atoms with van der Waals surface area (Å²) in [5, 5.41) is 0. The summed E-state index contributed by atoms with van der Waals surface area (Å²) in [5.74, 6) is 5.26. The number of hydrogen-bond acceptors (Lipinski definition) is 1. The standard InChI is InChI=1S/C24H42O/c1-3-5-19-6-8-20(9-7-19)21-10-12-22(13-11-21)23-14-16-24(17-15-23)25-18-4-2/h4,19-24H,2-3,5-18H2,1H3/t19-,20-,21?,22?,23-,24-. The molecule has 1 heteroatoms. The average molecular weight is 347 g/mol. The van der Waals surface area contributed by atoms with Crippen LogP contribution in [0.5, 0.6) is 0 Å². The van der Waals surface area contributed by atoms with Crippen molar-refractivity contribution in [3.63, 3.8) is 0 Å². The highest BCUT2D eigenvalue weighted by atomic mass is 16.5. The largest absolute Gasteiger partial charge is 0.374 e. The van der Waals surface area contributed by atoms with Crippen molar-refractivity contribution in [1.82, 2.24) is 0 Å². The first-order valence-electron chi connectivity index (χ1n) is 11.5. The molecule has 3 aliphatic rings. The molecule has 0 atom stereocenters. The van der Waals surface area contributed by atoms with Crippen molar-refractivity contribution in [2.45, 2.75) is 103 Å². The van der Waals surface area contributed by atoms with Gasteiger partial charge < -0.3 is 4.74 Å². The van der Waals surface area contributed by atoms with Gasteiger partial charge in [0.1, 0.15) is 0 Å². The van der Waals surface area contributed by atoms with Crippen molar-refractivity contribution >= 4 is 0 Å². The molecule has 25 heavy (non-hydrogen) atoms. The lowest BCUT2D eigenvalue weighted by atomic mass is 9.65. The van der Waals surface area contributed by atoms with Crippen LogP contribution in [0.4, 0.5) is 0 Å². The average Bonchev–Trinajstić information content (AvgIpc) is 2.68. The molecule has 3 aliphatic carbocycles. The van der Waals surface area contributed by atoms with Crippen LogP contribution in [0.25, 0.3) is 0 Å². The summed E-state index contributed by atoms with van der Waals surface area (Å²) in [6, 6.07) is 0. The highest BCUT2D eigenvalue weighted by Gasteiger charge is 2.34. The molecule has 0 aromatic carbocycles. The van der Waals surface area contributed by atoms with Gasteiger partial charge in [-0.15, -0.1) is 6.58 Å². The van der Waals surface area contributed by atoms with Crippen LogP contribution in [-0.2, 0) is 4.74 Å².